The van der Waals surface area contributed by atoms with Gasteiger partial charge in [0.05, 0.1) is 12.6 Å². The van der Waals surface area contributed by atoms with Crippen molar-refractivity contribution in [2.75, 3.05) is 38.6 Å². The Hall–Kier alpha value is -2.66. The highest BCUT2D eigenvalue weighted by Crippen LogP contribution is 2.26. The third-order valence-electron chi connectivity index (χ3n) is 5.64. The summed E-state index contributed by atoms with van der Waals surface area (Å²) in [5.74, 6) is 3.31. The van der Waals surface area contributed by atoms with Crippen molar-refractivity contribution in [1.29, 1.82) is 0 Å². The highest BCUT2D eigenvalue weighted by Gasteiger charge is 2.15. The minimum atomic E-state index is 0.735. The lowest BCUT2D eigenvalue weighted by molar-refractivity contribution is 0.183. The summed E-state index contributed by atoms with van der Waals surface area (Å²) >= 11 is 0. The van der Waals surface area contributed by atoms with Gasteiger partial charge in [-0.05, 0) is 74.7 Å². The fraction of sp³-hybridized carbons (Fsp3) is 0.417. The lowest BCUT2D eigenvalue weighted by Gasteiger charge is -2.30. The zero-order chi connectivity index (χ0) is 20.1. The second-order valence-electron chi connectivity index (χ2n) is 7.97. The number of nitrogens with one attached hydrogen (secondary N) is 1. The lowest BCUT2D eigenvalue weighted by Crippen LogP contribution is -2.35. The molecule has 1 N–H and O–H groups in total. The van der Waals surface area contributed by atoms with Crippen LogP contribution in [-0.2, 0) is 0 Å². The van der Waals surface area contributed by atoms with E-state index in [0.29, 0.717) is 0 Å². The molecule has 0 bridgehead atoms. The van der Waals surface area contributed by atoms with E-state index < -0.39 is 0 Å². The zero-order valence-corrected chi connectivity index (χ0v) is 17.4. The molecule has 1 aliphatic rings. The summed E-state index contributed by atoms with van der Waals surface area (Å²) in [4.78, 5) is 12.2. The number of anilines is 1. The minimum Gasteiger partial charge on any atom is -0.497 e. The lowest BCUT2D eigenvalue weighted by atomic mass is 10.0. The smallest absolute Gasteiger partial charge is 0.162 e. The molecule has 1 atom stereocenters. The van der Waals surface area contributed by atoms with Gasteiger partial charge in [-0.15, -0.1) is 0 Å². The largest absolute Gasteiger partial charge is 0.497 e. The van der Waals surface area contributed by atoms with Gasteiger partial charge in [0.1, 0.15) is 11.6 Å². The number of aromatic nitrogens is 2. The number of benzene rings is 2. The van der Waals surface area contributed by atoms with Gasteiger partial charge in [-0.3, -0.25) is 0 Å². The Kier molecular flexibility index (Phi) is 6.25. The fourth-order valence-electron chi connectivity index (χ4n) is 4.08. The normalized spacial score (nSPS) is 17.4. The van der Waals surface area contributed by atoms with Gasteiger partial charge in [0.2, 0.25) is 0 Å². The number of hydrogen-bond donors (Lipinski definition) is 1. The van der Waals surface area contributed by atoms with Crippen molar-refractivity contribution in [2.45, 2.75) is 26.2 Å². The van der Waals surface area contributed by atoms with E-state index in [9.17, 15) is 0 Å². The summed E-state index contributed by atoms with van der Waals surface area (Å²) in [7, 11) is 1.67. The third kappa shape index (κ3) is 4.85. The van der Waals surface area contributed by atoms with Gasteiger partial charge in [-0.1, -0.05) is 19.1 Å². The molecule has 2 heterocycles. The number of hydrogen-bond acceptors (Lipinski definition) is 5. The van der Waals surface area contributed by atoms with E-state index >= 15 is 0 Å². The highest BCUT2D eigenvalue weighted by atomic mass is 16.5. The van der Waals surface area contributed by atoms with Crippen LogP contribution in [-0.4, -0.2) is 48.2 Å². The Morgan fingerprint density at radius 2 is 1.93 bits per heavy atom. The van der Waals surface area contributed by atoms with E-state index in [4.69, 9.17) is 14.7 Å². The molecule has 1 saturated heterocycles. The molecule has 1 fully saturated rings. The van der Waals surface area contributed by atoms with Crippen molar-refractivity contribution >= 4 is 16.7 Å². The quantitative estimate of drug-likeness (QED) is 0.585. The fourth-order valence-corrected chi connectivity index (χ4v) is 4.08. The van der Waals surface area contributed by atoms with Crippen LogP contribution in [0.4, 0.5) is 5.82 Å². The average molecular weight is 391 g/mol. The van der Waals surface area contributed by atoms with Gasteiger partial charge in [0, 0.05) is 24.0 Å². The number of nitrogens with zero attached hydrogens (tertiary/aromatic N) is 3. The van der Waals surface area contributed by atoms with Gasteiger partial charge in [-0.25, -0.2) is 9.97 Å². The Morgan fingerprint density at radius 1 is 1.10 bits per heavy atom. The summed E-state index contributed by atoms with van der Waals surface area (Å²) in [6.45, 7) is 6.89. The van der Waals surface area contributed by atoms with E-state index in [0.717, 1.165) is 59.3 Å². The Bertz CT molecular complexity index is 941. The van der Waals surface area contributed by atoms with Gasteiger partial charge >= 0.3 is 0 Å². The van der Waals surface area contributed by atoms with Crippen LogP contribution in [0.1, 0.15) is 26.2 Å². The molecule has 2 aromatic carbocycles. The first kappa shape index (κ1) is 19.6. The summed E-state index contributed by atoms with van der Waals surface area (Å²) in [6.07, 6.45) is 3.81. The molecule has 1 aromatic heterocycles. The first-order valence-electron chi connectivity index (χ1n) is 10.6. The van der Waals surface area contributed by atoms with Crippen molar-refractivity contribution in [3.63, 3.8) is 0 Å². The van der Waals surface area contributed by atoms with Crippen LogP contribution in [0.2, 0.25) is 0 Å². The third-order valence-corrected chi connectivity index (χ3v) is 5.64. The second kappa shape index (κ2) is 9.23. The number of rotatable bonds is 7. The molecule has 3 aromatic rings. The molecular weight excluding hydrogens is 360 g/mol. The minimum absolute atomic E-state index is 0.735. The summed E-state index contributed by atoms with van der Waals surface area (Å²) in [5.41, 5.74) is 1.95. The number of piperidine rings is 1. The van der Waals surface area contributed by atoms with E-state index in [2.05, 4.69) is 23.2 Å². The standard InChI is InChI=1S/C24H30N4O/c1-18-7-5-15-28(17-18)16-6-14-25-24-21-8-3-4-9-22(21)26-23(27-24)19-10-12-20(29-2)13-11-19/h3-4,8-13,18H,5-7,14-17H2,1-2H3,(H,25,26,27). The van der Waals surface area contributed by atoms with Crippen molar-refractivity contribution < 1.29 is 4.74 Å². The van der Waals surface area contributed by atoms with E-state index in [-0.39, 0.29) is 0 Å². The maximum atomic E-state index is 5.26. The molecule has 5 nitrogen and oxygen atoms in total. The van der Waals surface area contributed by atoms with Crippen LogP contribution in [0.25, 0.3) is 22.3 Å². The summed E-state index contributed by atoms with van der Waals surface area (Å²) in [6, 6.07) is 16.1. The van der Waals surface area contributed by atoms with Crippen molar-refractivity contribution in [1.82, 2.24) is 14.9 Å². The highest BCUT2D eigenvalue weighted by molar-refractivity contribution is 5.90. The Labute approximate surface area is 173 Å². The van der Waals surface area contributed by atoms with Crippen LogP contribution >= 0.6 is 0 Å². The van der Waals surface area contributed by atoms with Crippen LogP contribution in [0, 0.1) is 5.92 Å². The zero-order valence-electron chi connectivity index (χ0n) is 17.4. The maximum absolute atomic E-state index is 5.26. The van der Waals surface area contributed by atoms with E-state index in [1.54, 1.807) is 7.11 Å². The number of para-hydroxylation sites is 1. The molecule has 0 spiro atoms. The second-order valence-corrected chi connectivity index (χ2v) is 7.97. The molecule has 29 heavy (non-hydrogen) atoms. The molecule has 152 valence electrons. The SMILES string of the molecule is COc1ccc(-c2nc(NCCCN3CCCC(C)C3)c3ccccc3n2)cc1. The monoisotopic (exact) mass is 390 g/mol. The van der Waals surface area contributed by atoms with Crippen molar-refractivity contribution in [3.05, 3.63) is 48.5 Å². The molecule has 0 radical (unpaired) electrons. The number of likely N-dealkylation sites (tertiary alicyclic amines) is 1. The molecular formula is C24H30N4O. The van der Waals surface area contributed by atoms with Crippen LogP contribution in [0.5, 0.6) is 5.75 Å². The van der Waals surface area contributed by atoms with Gasteiger partial charge in [0.15, 0.2) is 5.82 Å². The van der Waals surface area contributed by atoms with Crippen molar-refractivity contribution in [2.24, 2.45) is 5.92 Å². The molecule has 1 aliphatic heterocycles. The molecule has 0 aliphatic carbocycles. The van der Waals surface area contributed by atoms with Crippen LogP contribution in [0.15, 0.2) is 48.5 Å². The van der Waals surface area contributed by atoms with Gasteiger partial charge in [0.25, 0.3) is 0 Å². The Balaban J connectivity index is 1.48. The number of fused-ring (bicyclic) bond motifs is 1. The molecule has 5 heteroatoms. The Morgan fingerprint density at radius 3 is 2.72 bits per heavy atom. The molecule has 0 amide bonds. The predicted molar refractivity (Wildman–Crippen MR) is 119 cm³/mol. The van der Waals surface area contributed by atoms with Crippen molar-refractivity contribution in [3.8, 4) is 17.1 Å². The van der Waals surface area contributed by atoms with Gasteiger partial charge < -0.3 is 15.0 Å². The summed E-state index contributed by atoms with van der Waals surface area (Å²) < 4.78 is 5.26. The number of ether oxygens (including phenoxy) is 1. The van der Waals surface area contributed by atoms with Crippen LogP contribution < -0.4 is 10.1 Å². The molecule has 1 unspecified atom stereocenters. The maximum Gasteiger partial charge on any atom is 0.162 e. The topological polar surface area (TPSA) is 50.3 Å². The average Bonchev–Trinajstić information content (AvgIpc) is 2.76. The molecule has 0 saturated carbocycles. The molecule has 4 rings (SSSR count). The number of methoxy groups -OCH3 is 1. The van der Waals surface area contributed by atoms with Crippen LogP contribution in [0.3, 0.4) is 0 Å². The first-order valence-corrected chi connectivity index (χ1v) is 10.6. The van der Waals surface area contributed by atoms with Gasteiger partial charge in [-0.2, -0.15) is 0 Å². The summed E-state index contributed by atoms with van der Waals surface area (Å²) in [5, 5.41) is 4.63. The predicted octanol–water partition coefficient (Wildman–Crippen LogP) is 4.84. The van der Waals surface area contributed by atoms with E-state index in [1.807, 2.05) is 42.5 Å². The first-order chi connectivity index (χ1) is 14.2. The van der Waals surface area contributed by atoms with E-state index in [1.165, 1.54) is 25.9 Å².